The Labute approximate surface area is 138 Å². The smallest absolute Gasteiger partial charge is 0.344 e. The number of esters is 1. The molecule has 1 aliphatic rings. The van der Waals surface area contributed by atoms with E-state index < -0.39 is 10.9 Å². The minimum absolute atomic E-state index is 0.0402. The number of nitro benzene ring substituents is 1. The van der Waals surface area contributed by atoms with Gasteiger partial charge in [-0.05, 0) is 12.5 Å². The van der Waals surface area contributed by atoms with E-state index in [1.807, 2.05) is 0 Å². The molecule has 0 unspecified atom stereocenters. The van der Waals surface area contributed by atoms with Gasteiger partial charge in [-0.1, -0.05) is 0 Å². The SMILES string of the molecule is COc1cc(OCC(=O)OCCN2CCCC2=O)ccc1[N+](=O)[O-]. The molecule has 0 bridgehead atoms. The molecule has 24 heavy (non-hydrogen) atoms. The predicted octanol–water partition coefficient (Wildman–Crippen LogP) is 1.15. The minimum Gasteiger partial charge on any atom is -0.490 e. The second-order valence-electron chi connectivity index (χ2n) is 5.08. The van der Waals surface area contributed by atoms with E-state index in [1.165, 1.54) is 25.3 Å². The highest BCUT2D eigenvalue weighted by atomic mass is 16.6. The van der Waals surface area contributed by atoms with Gasteiger partial charge in [0.1, 0.15) is 12.4 Å². The highest BCUT2D eigenvalue weighted by Gasteiger charge is 2.20. The lowest BCUT2D eigenvalue weighted by atomic mass is 10.3. The van der Waals surface area contributed by atoms with Crippen molar-refractivity contribution in [2.45, 2.75) is 12.8 Å². The number of hydrogen-bond acceptors (Lipinski definition) is 7. The van der Waals surface area contributed by atoms with E-state index in [1.54, 1.807) is 4.90 Å². The molecule has 0 aliphatic carbocycles. The van der Waals surface area contributed by atoms with Crippen LogP contribution >= 0.6 is 0 Å². The number of methoxy groups -OCH3 is 1. The maximum Gasteiger partial charge on any atom is 0.344 e. The van der Waals surface area contributed by atoms with Crippen molar-refractivity contribution < 1.29 is 28.7 Å². The van der Waals surface area contributed by atoms with E-state index >= 15 is 0 Å². The van der Waals surface area contributed by atoms with Gasteiger partial charge in [0, 0.05) is 25.1 Å². The second-order valence-corrected chi connectivity index (χ2v) is 5.08. The van der Waals surface area contributed by atoms with Crippen molar-refractivity contribution in [3.8, 4) is 11.5 Å². The van der Waals surface area contributed by atoms with Crippen LogP contribution in [0.4, 0.5) is 5.69 Å². The number of likely N-dealkylation sites (tertiary alicyclic amines) is 1. The first kappa shape index (κ1) is 17.5. The van der Waals surface area contributed by atoms with Crippen LogP contribution < -0.4 is 9.47 Å². The molecule has 0 aromatic heterocycles. The quantitative estimate of drug-likeness (QED) is 0.397. The van der Waals surface area contributed by atoms with Crippen molar-refractivity contribution in [3.05, 3.63) is 28.3 Å². The van der Waals surface area contributed by atoms with Crippen LogP contribution in [0.3, 0.4) is 0 Å². The molecule has 9 heteroatoms. The second kappa shape index (κ2) is 8.14. The molecule has 1 fully saturated rings. The van der Waals surface area contributed by atoms with E-state index in [0.717, 1.165) is 6.42 Å². The molecule has 1 aromatic rings. The third-order valence-corrected chi connectivity index (χ3v) is 3.50. The number of carbonyl (C=O) groups excluding carboxylic acids is 2. The molecule has 9 nitrogen and oxygen atoms in total. The summed E-state index contributed by atoms with van der Waals surface area (Å²) in [5, 5.41) is 10.8. The summed E-state index contributed by atoms with van der Waals surface area (Å²) in [6.45, 7) is 0.831. The third-order valence-electron chi connectivity index (χ3n) is 3.50. The Balaban J connectivity index is 1.77. The van der Waals surface area contributed by atoms with E-state index in [0.29, 0.717) is 19.5 Å². The largest absolute Gasteiger partial charge is 0.490 e. The molecule has 130 valence electrons. The van der Waals surface area contributed by atoms with Crippen LogP contribution in [-0.4, -0.2) is 55.1 Å². The first-order chi connectivity index (χ1) is 11.5. The first-order valence-corrected chi connectivity index (χ1v) is 7.40. The lowest BCUT2D eigenvalue weighted by molar-refractivity contribution is -0.385. The Kier molecular flexibility index (Phi) is 5.94. The van der Waals surface area contributed by atoms with Gasteiger partial charge in [0.2, 0.25) is 11.7 Å². The normalized spacial score (nSPS) is 13.7. The van der Waals surface area contributed by atoms with Gasteiger partial charge in [-0.25, -0.2) is 4.79 Å². The maximum absolute atomic E-state index is 11.6. The zero-order valence-corrected chi connectivity index (χ0v) is 13.2. The molecule has 1 aromatic carbocycles. The van der Waals surface area contributed by atoms with Gasteiger partial charge in [-0.15, -0.1) is 0 Å². The van der Waals surface area contributed by atoms with Gasteiger partial charge in [0.15, 0.2) is 6.61 Å². The van der Waals surface area contributed by atoms with Gasteiger partial charge in [-0.2, -0.15) is 0 Å². The third kappa shape index (κ3) is 4.58. The summed E-state index contributed by atoms with van der Waals surface area (Å²) in [4.78, 5) is 34.9. The molecule has 0 spiro atoms. The first-order valence-electron chi connectivity index (χ1n) is 7.40. The molecule has 2 rings (SSSR count). The topological polar surface area (TPSA) is 108 Å². The van der Waals surface area contributed by atoms with Gasteiger partial charge < -0.3 is 19.1 Å². The van der Waals surface area contributed by atoms with Crippen molar-refractivity contribution in [1.29, 1.82) is 0 Å². The van der Waals surface area contributed by atoms with E-state index in [4.69, 9.17) is 14.2 Å². The average molecular weight is 338 g/mol. The zero-order valence-electron chi connectivity index (χ0n) is 13.2. The lowest BCUT2D eigenvalue weighted by Gasteiger charge is -2.15. The van der Waals surface area contributed by atoms with Gasteiger partial charge in [-0.3, -0.25) is 14.9 Å². The Bertz CT molecular complexity index is 632. The highest BCUT2D eigenvalue weighted by molar-refractivity contribution is 5.78. The van der Waals surface area contributed by atoms with Crippen molar-refractivity contribution in [2.24, 2.45) is 0 Å². The van der Waals surface area contributed by atoms with Crippen LogP contribution in [0.15, 0.2) is 18.2 Å². The van der Waals surface area contributed by atoms with Crippen molar-refractivity contribution in [2.75, 3.05) is 33.4 Å². The molecule has 0 radical (unpaired) electrons. The van der Waals surface area contributed by atoms with Crippen molar-refractivity contribution in [1.82, 2.24) is 4.90 Å². The standard InChI is InChI=1S/C15H18N2O7/c1-22-13-9-11(4-5-12(13)17(20)21)24-10-15(19)23-8-7-16-6-2-3-14(16)18/h4-5,9H,2-3,6-8,10H2,1H3. The number of nitro groups is 1. The van der Waals surface area contributed by atoms with Crippen LogP contribution in [-0.2, 0) is 14.3 Å². The summed E-state index contributed by atoms with van der Waals surface area (Å²) in [6.07, 6.45) is 1.37. The number of carbonyl (C=O) groups is 2. The fourth-order valence-corrected chi connectivity index (χ4v) is 2.29. The summed E-state index contributed by atoms with van der Waals surface area (Å²) in [7, 11) is 1.31. The summed E-state index contributed by atoms with van der Waals surface area (Å²) in [5.41, 5.74) is -0.192. The molecular weight excluding hydrogens is 320 g/mol. The number of hydrogen-bond donors (Lipinski definition) is 0. The lowest BCUT2D eigenvalue weighted by Crippen LogP contribution is -2.30. The van der Waals surface area contributed by atoms with E-state index in [-0.39, 0.29) is 36.3 Å². The maximum atomic E-state index is 11.6. The Morgan fingerprint density at radius 3 is 2.83 bits per heavy atom. The van der Waals surface area contributed by atoms with Crippen LogP contribution in [0, 0.1) is 10.1 Å². The molecule has 0 atom stereocenters. The molecule has 1 amide bonds. The van der Waals surface area contributed by atoms with Crippen molar-refractivity contribution in [3.63, 3.8) is 0 Å². The fraction of sp³-hybridized carbons (Fsp3) is 0.467. The number of amides is 1. The molecule has 1 heterocycles. The fourth-order valence-electron chi connectivity index (χ4n) is 2.29. The van der Waals surface area contributed by atoms with Crippen molar-refractivity contribution >= 4 is 17.6 Å². The summed E-state index contributed by atoms with van der Waals surface area (Å²) in [5.74, 6) is -0.221. The van der Waals surface area contributed by atoms with Crippen LogP contribution in [0.25, 0.3) is 0 Å². The van der Waals surface area contributed by atoms with E-state index in [9.17, 15) is 19.7 Å². The molecular formula is C15H18N2O7. The van der Waals surface area contributed by atoms with Gasteiger partial charge in [0.25, 0.3) is 0 Å². The molecule has 0 N–H and O–H groups in total. The zero-order chi connectivity index (χ0) is 17.5. The Morgan fingerprint density at radius 2 is 2.21 bits per heavy atom. The summed E-state index contributed by atoms with van der Waals surface area (Å²) < 4.78 is 15.1. The van der Waals surface area contributed by atoms with Gasteiger partial charge >= 0.3 is 11.7 Å². The molecule has 1 saturated heterocycles. The Morgan fingerprint density at radius 1 is 1.42 bits per heavy atom. The molecule has 0 saturated carbocycles. The molecule has 1 aliphatic heterocycles. The highest BCUT2D eigenvalue weighted by Crippen LogP contribution is 2.30. The Hall–Kier alpha value is -2.84. The average Bonchev–Trinajstić information content (AvgIpc) is 2.97. The van der Waals surface area contributed by atoms with Gasteiger partial charge in [0.05, 0.1) is 18.6 Å². The monoisotopic (exact) mass is 338 g/mol. The summed E-state index contributed by atoms with van der Waals surface area (Å²) in [6, 6.07) is 3.93. The number of rotatable bonds is 8. The minimum atomic E-state index is -0.584. The number of ether oxygens (including phenoxy) is 3. The number of benzene rings is 1. The predicted molar refractivity (Wildman–Crippen MR) is 81.9 cm³/mol. The number of nitrogens with zero attached hydrogens (tertiary/aromatic N) is 2. The van der Waals surface area contributed by atoms with Crippen LogP contribution in [0.2, 0.25) is 0 Å². The van der Waals surface area contributed by atoms with Crippen LogP contribution in [0.1, 0.15) is 12.8 Å². The van der Waals surface area contributed by atoms with E-state index in [2.05, 4.69) is 0 Å². The summed E-state index contributed by atoms with van der Waals surface area (Å²) >= 11 is 0. The van der Waals surface area contributed by atoms with Crippen LogP contribution in [0.5, 0.6) is 11.5 Å².